The van der Waals surface area contributed by atoms with Crippen molar-refractivity contribution in [2.24, 2.45) is 0 Å². The topological polar surface area (TPSA) is 44.8 Å². The Morgan fingerprint density at radius 3 is 2.32 bits per heavy atom. The maximum atomic E-state index is 12.0. The third-order valence-electron chi connectivity index (χ3n) is 3.00. The molecular formula is C14H17O4P. The van der Waals surface area contributed by atoms with Crippen LogP contribution >= 0.6 is 7.82 Å². The number of rotatable bonds is 5. The first kappa shape index (κ1) is 14.2. The van der Waals surface area contributed by atoms with Crippen LogP contribution in [0.1, 0.15) is 18.6 Å². The van der Waals surface area contributed by atoms with E-state index in [4.69, 9.17) is 13.6 Å². The minimum atomic E-state index is -3.48. The van der Waals surface area contributed by atoms with Gasteiger partial charge in [0.05, 0.1) is 6.10 Å². The predicted molar refractivity (Wildman–Crippen MR) is 75.1 cm³/mol. The lowest BCUT2D eigenvalue weighted by Crippen LogP contribution is -2.02. The maximum Gasteiger partial charge on any atom is 0.474 e. The largest absolute Gasteiger partial charge is 0.474 e. The summed E-state index contributed by atoms with van der Waals surface area (Å²) in [5.41, 5.74) is 0.951. The first-order valence-corrected chi connectivity index (χ1v) is 7.43. The zero-order valence-corrected chi connectivity index (χ0v) is 12.1. The fraction of sp³-hybridized carbons (Fsp3) is 0.286. The van der Waals surface area contributed by atoms with E-state index in [-0.39, 0.29) is 0 Å². The molecular weight excluding hydrogens is 263 g/mol. The molecule has 0 bridgehead atoms. The first-order valence-electron chi connectivity index (χ1n) is 5.97. The normalized spacial score (nSPS) is 13.6. The van der Waals surface area contributed by atoms with Crippen LogP contribution < -0.4 is 0 Å². The zero-order valence-electron chi connectivity index (χ0n) is 11.2. The zero-order chi connectivity index (χ0) is 13.9. The summed E-state index contributed by atoms with van der Waals surface area (Å²) in [5.74, 6) is 0. The second-order valence-electron chi connectivity index (χ2n) is 4.13. The highest BCUT2D eigenvalue weighted by Crippen LogP contribution is 2.51. The second kappa shape index (κ2) is 5.85. The summed E-state index contributed by atoms with van der Waals surface area (Å²) in [6.07, 6.45) is -0.392. The average Bonchev–Trinajstić information content (AvgIpc) is 2.46. The monoisotopic (exact) mass is 280 g/mol. The minimum Gasteiger partial charge on any atom is -0.290 e. The molecule has 2 aromatic rings. The molecule has 5 heteroatoms. The first-order chi connectivity index (χ1) is 9.09. The standard InChI is InChI=1S/C14H17O4P/c1-11(18-19(15,16-2)17-3)13-10-6-8-12-7-4-5-9-14(12)13/h4-11H,1-3H3/t11-/m1/s1. The number of hydrogen-bond acceptors (Lipinski definition) is 4. The van der Waals surface area contributed by atoms with Crippen LogP contribution in [0, 0.1) is 0 Å². The molecule has 2 rings (SSSR count). The molecule has 2 aromatic carbocycles. The molecule has 0 radical (unpaired) electrons. The Morgan fingerprint density at radius 1 is 1.00 bits per heavy atom. The maximum absolute atomic E-state index is 12.0. The van der Waals surface area contributed by atoms with Crippen molar-refractivity contribution in [2.75, 3.05) is 14.2 Å². The Kier molecular flexibility index (Phi) is 4.38. The van der Waals surface area contributed by atoms with Crippen molar-refractivity contribution in [2.45, 2.75) is 13.0 Å². The van der Waals surface area contributed by atoms with Gasteiger partial charge < -0.3 is 0 Å². The second-order valence-corrected chi connectivity index (χ2v) is 5.96. The van der Waals surface area contributed by atoms with Gasteiger partial charge in [-0.1, -0.05) is 42.5 Å². The smallest absolute Gasteiger partial charge is 0.290 e. The van der Waals surface area contributed by atoms with E-state index in [0.717, 1.165) is 16.3 Å². The minimum absolute atomic E-state index is 0.392. The van der Waals surface area contributed by atoms with E-state index in [9.17, 15) is 4.57 Å². The summed E-state index contributed by atoms with van der Waals surface area (Å²) < 4.78 is 27.0. The third-order valence-corrected chi connectivity index (χ3v) is 4.46. The van der Waals surface area contributed by atoms with E-state index >= 15 is 0 Å². The summed E-state index contributed by atoms with van der Waals surface area (Å²) in [7, 11) is -0.869. The van der Waals surface area contributed by atoms with Gasteiger partial charge in [-0.3, -0.25) is 13.6 Å². The molecule has 0 spiro atoms. The van der Waals surface area contributed by atoms with Crippen LogP contribution in [0.25, 0.3) is 10.8 Å². The molecule has 0 aliphatic rings. The third kappa shape index (κ3) is 3.04. The molecule has 19 heavy (non-hydrogen) atoms. The number of hydrogen-bond donors (Lipinski definition) is 0. The van der Waals surface area contributed by atoms with Crippen molar-refractivity contribution in [1.82, 2.24) is 0 Å². The fourth-order valence-corrected chi connectivity index (χ4v) is 2.84. The molecule has 0 fully saturated rings. The molecule has 0 N–H and O–H groups in total. The summed E-state index contributed by atoms with van der Waals surface area (Å²) in [4.78, 5) is 0. The van der Waals surface area contributed by atoms with Gasteiger partial charge in [0.2, 0.25) is 0 Å². The van der Waals surface area contributed by atoms with Crippen LogP contribution in [0.4, 0.5) is 0 Å². The van der Waals surface area contributed by atoms with Gasteiger partial charge in [0.1, 0.15) is 0 Å². The van der Waals surface area contributed by atoms with E-state index in [1.807, 2.05) is 49.4 Å². The van der Waals surface area contributed by atoms with E-state index in [1.54, 1.807) is 0 Å². The Balaban J connectivity index is 2.37. The highest BCUT2D eigenvalue weighted by Gasteiger charge is 2.27. The van der Waals surface area contributed by atoms with Gasteiger partial charge in [-0.15, -0.1) is 0 Å². The number of phosphoric ester groups is 1. The van der Waals surface area contributed by atoms with E-state index < -0.39 is 13.9 Å². The van der Waals surface area contributed by atoms with E-state index in [2.05, 4.69) is 0 Å². The lowest BCUT2D eigenvalue weighted by atomic mass is 10.0. The Bertz CT molecular complexity index is 598. The van der Waals surface area contributed by atoms with Gasteiger partial charge in [0.25, 0.3) is 0 Å². The van der Waals surface area contributed by atoms with Crippen LogP contribution in [0.15, 0.2) is 42.5 Å². The summed E-state index contributed by atoms with van der Waals surface area (Å²) in [6, 6.07) is 13.9. The molecule has 4 nitrogen and oxygen atoms in total. The van der Waals surface area contributed by atoms with Crippen molar-refractivity contribution >= 4 is 18.6 Å². The fourth-order valence-electron chi connectivity index (χ4n) is 2.02. The Morgan fingerprint density at radius 2 is 1.63 bits per heavy atom. The molecule has 0 aliphatic heterocycles. The summed E-state index contributed by atoms with van der Waals surface area (Å²) >= 11 is 0. The highest BCUT2D eigenvalue weighted by molar-refractivity contribution is 7.48. The Labute approximate surface area is 112 Å². The lowest BCUT2D eigenvalue weighted by Gasteiger charge is -2.20. The van der Waals surface area contributed by atoms with Crippen molar-refractivity contribution in [1.29, 1.82) is 0 Å². The van der Waals surface area contributed by atoms with Crippen LogP contribution in [-0.2, 0) is 18.1 Å². The molecule has 0 aromatic heterocycles. The van der Waals surface area contributed by atoms with Crippen molar-refractivity contribution in [3.05, 3.63) is 48.0 Å². The van der Waals surface area contributed by atoms with Crippen LogP contribution in [0.2, 0.25) is 0 Å². The molecule has 0 saturated heterocycles. The van der Waals surface area contributed by atoms with Crippen LogP contribution in [0.3, 0.4) is 0 Å². The van der Waals surface area contributed by atoms with Crippen LogP contribution in [-0.4, -0.2) is 14.2 Å². The molecule has 102 valence electrons. The van der Waals surface area contributed by atoms with Crippen molar-refractivity contribution < 1.29 is 18.1 Å². The van der Waals surface area contributed by atoms with E-state index in [0.29, 0.717) is 0 Å². The lowest BCUT2D eigenvalue weighted by molar-refractivity contribution is 0.114. The van der Waals surface area contributed by atoms with Crippen LogP contribution in [0.5, 0.6) is 0 Å². The molecule has 0 amide bonds. The van der Waals surface area contributed by atoms with Gasteiger partial charge >= 0.3 is 7.82 Å². The van der Waals surface area contributed by atoms with Gasteiger partial charge in [-0.05, 0) is 23.3 Å². The number of fused-ring (bicyclic) bond motifs is 1. The molecule has 1 atom stereocenters. The molecule has 0 heterocycles. The highest BCUT2D eigenvalue weighted by atomic mass is 31.2. The SMILES string of the molecule is COP(=O)(OC)O[C@H](C)c1cccc2ccccc12. The van der Waals surface area contributed by atoms with Gasteiger partial charge in [-0.25, -0.2) is 4.57 Å². The van der Waals surface area contributed by atoms with Gasteiger partial charge in [0.15, 0.2) is 0 Å². The van der Waals surface area contributed by atoms with E-state index in [1.165, 1.54) is 14.2 Å². The summed E-state index contributed by atoms with van der Waals surface area (Å²) in [5, 5.41) is 2.18. The van der Waals surface area contributed by atoms with Gasteiger partial charge in [0, 0.05) is 14.2 Å². The predicted octanol–water partition coefficient (Wildman–Crippen LogP) is 4.32. The van der Waals surface area contributed by atoms with Gasteiger partial charge in [-0.2, -0.15) is 0 Å². The number of benzene rings is 2. The Hall–Kier alpha value is -1.19. The number of phosphoric acid groups is 1. The molecule has 0 saturated carbocycles. The van der Waals surface area contributed by atoms with Crippen molar-refractivity contribution in [3.8, 4) is 0 Å². The average molecular weight is 280 g/mol. The molecule has 0 unspecified atom stereocenters. The summed E-state index contributed by atoms with van der Waals surface area (Å²) in [6.45, 7) is 1.83. The molecule has 0 aliphatic carbocycles. The quantitative estimate of drug-likeness (QED) is 0.765. The van der Waals surface area contributed by atoms with Crippen molar-refractivity contribution in [3.63, 3.8) is 0 Å².